The molecule has 0 aromatic rings. The zero-order valence-electron chi connectivity index (χ0n) is 11.8. The maximum Gasteiger partial charge on any atom is 0.242 e. The fraction of sp³-hybridized carbons (Fsp3) is 0.933. The quantitative estimate of drug-likeness (QED) is 0.824. The molecule has 1 aliphatic carbocycles. The van der Waals surface area contributed by atoms with E-state index in [1.54, 1.807) is 0 Å². The van der Waals surface area contributed by atoms with E-state index in [0.717, 1.165) is 25.6 Å². The van der Waals surface area contributed by atoms with Crippen LogP contribution in [0.2, 0.25) is 0 Å². The van der Waals surface area contributed by atoms with Crippen molar-refractivity contribution in [2.45, 2.75) is 57.0 Å². The van der Waals surface area contributed by atoms with Crippen LogP contribution >= 0.6 is 0 Å². The van der Waals surface area contributed by atoms with Gasteiger partial charge in [-0.1, -0.05) is 19.3 Å². The average Bonchev–Trinajstić information content (AvgIpc) is 2.98. The number of hydrogen-bond donors (Lipinski definition) is 1. The highest BCUT2D eigenvalue weighted by atomic mass is 16.5. The number of hydrogen-bond acceptors (Lipinski definition) is 3. The number of carbonyl (C=O) groups excluding carboxylic acids is 1. The second-order valence-electron chi connectivity index (χ2n) is 6.22. The summed E-state index contributed by atoms with van der Waals surface area (Å²) in [6, 6.07) is 0.412. The highest BCUT2D eigenvalue weighted by Crippen LogP contribution is 2.34. The molecule has 0 spiro atoms. The van der Waals surface area contributed by atoms with Gasteiger partial charge in [0.15, 0.2) is 0 Å². The summed E-state index contributed by atoms with van der Waals surface area (Å²) >= 11 is 0. The van der Waals surface area contributed by atoms with E-state index in [4.69, 9.17) is 4.74 Å². The first-order valence-electron chi connectivity index (χ1n) is 7.98. The van der Waals surface area contributed by atoms with Crippen LogP contribution in [0.1, 0.15) is 44.9 Å². The Hall–Kier alpha value is -0.610. The van der Waals surface area contributed by atoms with Crippen LogP contribution < -0.4 is 5.32 Å². The highest BCUT2D eigenvalue weighted by molar-refractivity contribution is 5.82. The Labute approximate surface area is 115 Å². The molecule has 1 N–H and O–H groups in total. The topological polar surface area (TPSA) is 41.6 Å². The first-order valence-corrected chi connectivity index (χ1v) is 7.98. The lowest BCUT2D eigenvalue weighted by Gasteiger charge is -2.36. The predicted molar refractivity (Wildman–Crippen MR) is 73.9 cm³/mol. The number of nitrogens with one attached hydrogen (secondary N) is 1. The number of carbonyl (C=O) groups is 1. The Morgan fingerprint density at radius 2 is 1.95 bits per heavy atom. The monoisotopic (exact) mass is 266 g/mol. The Bertz CT molecular complexity index is 309. The van der Waals surface area contributed by atoms with Gasteiger partial charge in [0.25, 0.3) is 0 Å². The molecule has 0 bridgehead atoms. The number of likely N-dealkylation sites (tertiary alicyclic amines) is 1. The minimum absolute atomic E-state index is 0.0991. The van der Waals surface area contributed by atoms with Crippen LogP contribution in [-0.4, -0.2) is 49.2 Å². The van der Waals surface area contributed by atoms with Crippen molar-refractivity contribution in [3.63, 3.8) is 0 Å². The van der Waals surface area contributed by atoms with Crippen LogP contribution in [0.3, 0.4) is 0 Å². The number of nitrogens with zero attached hydrogens (tertiary/aromatic N) is 1. The molecule has 2 saturated heterocycles. The molecule has 108 valence electrons. The standard InChI is InChI=1S/C15H26N2O2/c18-15(13-11-19-10-8-16-13)17-9-4-7-14(17)12-5-2-1-3-6-12/h12-14,16H,1-11H2. The molecule has 0 radical (unpaired) electrons. The molecule has 0 aromatic heterocycles. The molecular formula is C15H26N2O2. The first kappa shape index (κ1) is 13.4. The Morgan fingerprint density at radius 3 is 2.68 bits per heavy atom. The van der Waals surface area contributed by atoms with E-state index in [1.807, 2.05) is 0 Å². The lowest BCUT2D eigenvalue weighted by molar-refractivity contribution is -0.138. The number of amides is 1. The Balaban J connectivity index is 1.62. The van der Waals surface area contributed by atoms with Crippen molar-refractivity contribution in [3.05, 3.63) is 0 Å². The van der Waals surface area contributed by atoms with Gasteiger partial charge < -0.3 is 15.0 Å². The van der Waals surface area contributed by atoms with E-state index < -0.39 is 0 Å². The van der Waals surface area contributed by atoms with Crippen LogP contribution in [-0.2, 0) is 9.53 Å². The third-order valence-corrected chi connectivity index (χ3v) is 5.00. The van der Waals surface area contributed by atoms with Crippen LogP contribution in [0.4, 0.5) is 0 Å². The maximum atomic E-state index is 12.6. The molecule has 3 fully saturated rings. The summed E-state index contributed by atoms with van der Waals surface area (Å²) in [5, 5.41) is 3.30. The van der Waals surface area contributed by atoms with Gasteiger partial charge in [-0.2, -0.15) is 0 Å². The largest absolute Gasteiger partial charge is 0.378 e. The summed E-state index contributed by atoms with van der Waals surface area (Å²) in [6.07, 6.45) is 9.13. The van der Waals surface area contributed by atoms with Crippen molar-refractivity contribution in [1.82, 2.24) is 10.2 Å². The van der Waals surface area contributed by atoms with Crippen LogP contribution in [0, 0.1) is 5.92 Å². The first-order chi connectivity index (χ1) is 9.36. The van der Waals surface area contributed by atoms with E-state index in [-0.39, 0.29) is 11.9 Å². The van der Waals surface area contributed by atoms with Gasteiger partial charge in [-0.15, -0.1) is 0 Å². The van der Waals surface area contributed by atoms with Gasteiger partial charge in [-0.3, -0.25) is 4.79 Å². The van der Waals surface area contributed by atoms with Gasteiger partial charge in [0, 0.05) is 19.1 Å². The molecule has 2 heterocycles. The number of ether oxygens (including phenoxy) is 1. The van der Waals surface area contributed by atoms with Gasteiger partial charge in [0.2, 0.25) is 5.91 Å². The van der Waals surface area contributed by atoms with Crippen molar-refractivity contribution in [3.8, 4) is 0 Å². The molecule has 2 aliphatic heterocycles. The van der Waals surface area contributed by atoms with Crippen molar-refractivity contribution < 1.29 is 9.53 Å². The van der Waals surface area contributed by atoms with Crippen molar-refractivity contribution in [2.75, 3.05) is 26.3 Å². The zero-order valence-corrected chi connectivity index (χ0v) is 11.8. The van der Waals surface area contributed by atoms with Crippen LogP contribution in [0.5, 0.6) is 0 Å². The maximum absolute atomic E-state index is 12.6. The highest BCUT2D eigenvalue weighted by Gasteiger charge is 2.37. The SMILES string of the molecule is O=C(C1COCCN1)N1CCCC1C1CCCCC1. The summed E-state index contributed by atoms with van der Waals surface area (Å²) < 4.78 is 5.43. The van der Waals surface area contributed by atoms with E-state index in [0.29, 0.717) is 12.6 Å². The second-order valence-corrected chi connectivity index (χ2v) is 6.22. The molecule has 1 saturated carbocycles. The summed E-state index contributed by atoms with van der Waals surface area (Å²) in [5.74, 6) is 1.04. The van der Waals surface area contributed by atoms with Crippen LogP contribution in [0.25, 0.3) is 0 Å². The van der Waals surface area contributed by atoms with Crippen LogP contribution in [0.15, 0.2) is 0 Å². The van der Waals surface area contributed by atoms with Crippen molar-refractivity contribution >= 4 is 5.91 Å². The molecule has 19 heavy (non-hydrogen) atoms. The molecule has 4 nitrogen and oxygen atoms in total. The molecule has 4 heteroatoms. The van der Waals surface area contributed by atoms with Gasteiger partial charge in [0.05, 0.1) is 13.2 Å². The molecule has 1 amide bonds. The summed E-state index contributed by atoms with van der Waals surface area (Å²) in [5.41, 5.74) is 0. The smallest absolute Gasteiger partial charge is 0.242 e. The zero-order chi connectivity index (χ0) is 13.1. The summed E-state index contributed by atoms with van der Waals surface area (Å²) in [4.78, 5) is 14.8. The third-order valence-electron chi connectivity index (χ3n) is 5.00. The van der Waals surface area contributed by atoms with E-state index in [9.17, 15) is 4.79 Å². The van der Waals surface area contributed by atoms with Gasteiger partial charge in [-0.05, 0) is 31.6 Å². The fourth-order valence-corrected chi connectivity index (χ4v) is 4.00. The van der Waals surface area contributed by atoms with Crippen molar-refractivity contribution in [1.29, 1.82) is 0 Å². The Morgan fingerprint density at radius 1 is 1.11 bits per heavy atom. The van der Waals surface area contributed by atoms with E-state index in [1.165, 1.54) is 44.9 Å². The van der Waals surface area contributed by atoms with Gasteiger partial charge in [0.1, 0.15) is 6.04 Å². The third kappa shape index (κ3) is 2.95. The lowest BCUT2D eigenvalue weighted by atomic mass is 9.83. The summed E-state index contributed by atoms with van der Waals surface area (Å²) in [6.45, 7) is 3.04. The number of rotatable bonds is 2. The van der Waals surface area contributed by atoms with E-state index >= 15 is 0 Å². The molecule has 3 rings (SSSR count). The lowest BCUT2D eigenvalue weighted by Crippen LogP contribution is -2.54. The molecule has 2 atom stereocenters. The Kier molecular flexibility index (Phi) is 4.38. The minimum atomic E-state index is -0.0991. The minimum Gasteiger partial charge on any atom is -0.378 e. The second kappa shape index (κ2) is 6.23. The van der Waals surface area contributed by atoms with Gasteiger partial charge >= 0.3 is 0 Å². The predicted octanol–water partition coefficient (Wildman–Crippen LogP) is 1.55. The molecule has 0 aromatic carbocycles. The average molecular weight is 266 g/mol. The molecule has 3 aliphatic rings. The van der Waals surface area contributed by atoms with Gasteiger partial charge in [-0.25, -0.2) is 0 Å². The number of morpholine rings is 1. The van der Waals surface area contributed by atoms with Crippen molar-refractivity contribution in [2.24, 2.45) is 5.92 Å². The molecular weight excluding hydrogens is 240 g/mol. The molecule has 2 unspecified atom stereocenters. The normalized spacial score (nSPS) is 33.6. The van der Waals surface area contributed by atoms with E-state index in [2.05, 4.69) is 10.2 Å². The summed E-state index contributed by atoms with van der Waals surface area (Å²) in [7, 11) is 0. The fourth-order valence-electron chi connectivity index (χ4n) is 4.00.